The van der Waals surface area contributed by atoms with Gasteiger partial charge in [0.05, 0.1) is 18.9 Å². The summed E-state index contributed by atoms with van der Waals surface area (Å²) in [5, 5.41) is 11.8. The van der Waals surface area contributed by atoms with Crippen LogP contribution in [0.25, 0.3) is 0 Å². The SMILES string of the molecule is CC(C)COC(=O)Nc1cc(Cl)ccc1C#CCCO. The lowest BCUT2D eigenvalue weighted by Gasteiger charge is -2.10. The molecule has 0 spiro atoms. The van der Waals surface area contributed by atoms with Crippen molar-refractivity contribution in [1.82, 2.24) is 0 Å². The van der Waals surface area contributed by atoms with E-state index in [2.05, 4.69) is 17.2 Å². The molecule has 1 aromatic rings. The van der Waals surface area contributed by atoms with Crippen molar-refractivity contribution >= 4 is 23.4 Å². The number of carbonyl (C=O) groups is 1. The molecule has 0 heterocycles. The molecular formula is C15H18ClNO3. The molecular weight excluding hydrogens is 278 g/mol. The number of benzene rings is 1. The van der Waals surface area contributed by atoms with Crippen molar-refractivity contribution in [2.24, 2.45) is 5.92 Å². The number of aliphatic hydroxyl groups excluding tert-OH is 1. The van der Waals surface area contributed by atoms with Gasteiger partial charge in [-0.1, -0.05) is 37.3 Å². The minimum absolute atomic E-state index is 0.000217. The number of amides is 1. The smallest absolute Gasteiger partial charge is 0.411 e. The second-order valence-corrected chi connectivity index (χ2v) is 5.02. The van der Waals surface area contributed by atoms with Crippen LogP contribution in [0, 0.1) is 17.8 Å². The summed E-state index contributed by atoms with van der Waals surface area (Å²) in [6.07, 6.45) is -0.161. The third-order valence-corrected chi connectivity index (χ3v) is 2.46. The van der Waals surface area contributed by atoms with E-state index < -0.39 is 6.09 Å². The highest BCUT2D eigenvalue weighted by Crippen LogP contribution is 2.20. The highest BCUT2D eigenvalue weighted by atomic mass is 35.5. The Balaban J connectivity index is 2.79. The molecule has 108 valence electrons. The summed E-state index contributed by atoms with van der Waals surface area (Å²) in [4.78, 5) is 11.6. The molecule has 2 N–H and O–H groups in total. The van der Waals surface area contributed by atoms with Crippen LogP contribution in [0.15, 0.2) is 18.2 Å². The monoisotopic (exact) mass is 295 g/mol. The van der Waals surface area contributed by atoms with Gasteiger partial charge in [0, 0.05) is 17.0 Å². The predicted octanol–water partition coefficient (Wildman–Crippen LogP) is 3.28. The molecule has 0 aromatic heterocycles. The second kappa shape index (κ2) is 8.47. The van der Waals surface area contributed by atoms with E-state index in [-0.39, 0.29) is 12.5 Å². The molecule has 4 nitrogen and oxygen atoms in total. The van der Waals surface area contributed by atoms with E-state index in [0.29, 0.717) is 29.3 Å². The summed E-state index contributed by atoms with van der Waals surface area (Å²) in [7, 11) is 0. The first-order valence-electron chi connectivity index (χ1n) is 6.36. The van der Waals surface area contributed by atoms with E-state index >= 15 is 0 Å². The van der Waals surface area contributed by atoms with Crippen molar-refractivity contribution in [3.05, 3.63) is 28.8 Å². The largest absolute Gasteiger partial charge is 0.449 e. The Kier molecular flexibility index (Phi) is 6.92. The van der Waals surface area contributed by atoms with Crippen LogP contribution in [-0.4, -0.2) is 24.4 Å². The van der Waals surface area contributed by atoms with Crippen molar-refractivity contribution in [2.45, 2.75) is 20.3 Å². The minimum atomic E-state index is -0.536. The van der Waals surface area contributed by atoms with E-state index in [0.717, 1.165) is 0 Å². The van der Waals surface area contributed by atoms with Gasteiger partial charge in [-0.3, -0.25) is 5.32 Å². The lowest BCUT2D eigenvalue weighted by molar-refractivity contribution is 0.147. The molecule has 0 radical (unpaired) electrons. The first-order chi connectivity index (χ1) is 9.52. The van der Waals surface area contributed by atoms with E-state index in [9.17, 15) is 4.79 Å². The van der Waals surface area contributed by atoms with Crippen molar-refractivity contribution in [2.75, 3.05) is 18.5 Å². The van der Waals surface area contributed by atoms with Gasteiger partial charge in [-0.05, 0) is 24.1 Å². The fourth-order valence-electron chi connectivity index (χ4n) is 1.33. The van der Waals surface area contributed by atoms with Crippen molar-refractivity contribution in [3.63, 3.8) is 0 Å². The molecule has 20 heavy (non-hydrogen) atoms. The third-order valence-electron chi connectivity index (χ3n) is 2.23. The number of ether oxygens (including phenoxy) is 1. The molecule has 0 aliphatic carbocycles. The zero-order chi connectivity index (χ0) is 15.0. The molecule has 0 atom stereocenters. The van der Waals surface area contributed by atoms with E-state index in [4.69, 9.17) is 21.4 Å². The lowest BCUT2D eigenvalue weighted by Crippen LogP contribution is -2.17. The third kappa shape index (κ3) is 5.96. The van der Waals surface area contributed by atoms with Crippen LogP contribution in [0.2, 0.25) is 5.02 Å². The highest BCUT2D eigenvalue weighted by molar-refractivity contribution is 6.31. The van der Waals surface area contributed by atoms with Crippen LogP contribution in [-0.2, 0) is 4.74 Å². The van der Waals surface area contributed by atoms with Gasteiger partial charge in [-0.2, -0.15) is 0 Å². The minimum Gasteiger partial charge on any atom is -0.449 e. The first-order valence-corrected chi connectivity index (χ1v) is 6.73. The Labute approximate surface area is 124 Å². The molecule has 0 aliphatic rings. The van der Waals surface area contributed by atoms with Crippen molar-refractivity contribution < 1.29 is 14.6 Å². The number of hydrogen-bond acceptors (Lipinski definition) is 3. The molecule has 1 aromatic carbocycles. The first kappa shape index (κ1) is 16.4. The van der Waals surface area contributed by atoms with Gasteiger partial charge >= 0.3 is 6.09 Å². The van der Waals surface area contributed by atoms with Crippen LogP contribution in [0.5, 0.6) is 0 Å². The standard InChI is InChI=1S/C15H18ClNO3/c1-11(2)10-20-15(19)17-14-9-13(16)7-6-12(14)5-3-4-8-18/h6-7,9,11,18H,4,8,10H2,1-2H3,(H,17,19). The quantitative estimate of drug-likeness (QED) is 0.838. The topological polar surface area (TPSA) is 58.6 Å². The highest BCUT2D eigenvalue weighted by Gasteiger charge is 2.08. The fraction of sp³-hybridized carbons (Fsp3) is 0.400. The van der Waals surface area contributed by atoms with Crippen LogP contribution in [0.3, 0.4) is 0 Å². The van der Waals surface area contributed by atoms with E-state index in [1.165, 1.54) is 0 Å². The maximum absolute atomic E-state index is 11.6. The summed E-state index contributed by atoms with van der Waals surface area (Å²) in [5.74, 6) is 5.94. The number of carbonyl (C=O) groups excluding carboxylic acids is 1. The zero-order valence-electron chi connectivity index (χ0n) is 11.6. The van der Waals surface area contributed by atoms with Gasteiger partial charge in [-0.25, -0.2) is 4.79 Å². The molecule has 0 aliphatic heterocycles. The summed E-state index contributed by atoms with van der Waals surface area (Å²) in [6.45, 7) is 4.26. The molecule has 1 rings (SSSR count). The molecule has 0 saturated heterocycles. The molecule has 5 heteroatoms. The van der Waals surface area contributed by atoms with Crippen LogP contribution < -0.4 is 5.32 Å². The van der Waals surface area contributed by atoms with E-state index in [1.807, 2.05) is 13.8 Å². The Morgan fingerprint density at radius 1 is 1.50 bits per heavy atom. The fourth-order valence-corrected chi connectivity index (χ4v) is 1.50. The number of rotatable bonds is 4. The number of anilines is 1. The molecule has 0 fully saturated rings. The van der Waals surface area contributed by atoms with Gasteiger partial charge in [0.2, 0.25) is 0 Å². The van der Waals surface area contributed by atoms with Crippen molar-refractivity contribution in [1.29, 1.82) is 0 Å². The van der Waals surface area contributed by atoms with Crippen LogP contribution in [0.1, 0.15) is 25.8 Å². The van der Waals surface area contributed by atoms with E-state index in [1.54, 1.807) is 18.2 Å². The number of aliphatic hydroxyl groups is 1. The van der Waals surface area contributed by atoms with Gasteiger partial charge in [-0.15, -0.1) is 0 Å². The molecule has 0 bridgehead atoms. The van der Waals surface area contributed by atoms with Gasteiger partial charge < -0.3 is 9.84 Å². The maximum Gasteiger partial charge on any atom is 0.411 e. The predicted molar refractivity (Wildman–Crippen MR) is 79.8 cm³/mol. The number of halogens is 1. The summed E-state index contributed by atoms with van der Waals surface area (Å²) in [6, 6.07) is 5.01. The average Bonchev–Trinajstić information content (AvgIpc) is 2.39. The lowest BCUT2D eigenvalue weighted by atomic mass is 10.2. The Hall–Kier alpha value is -1.70. The Morgan fingerprint density at radius 3 is 2.90 bits per heavy atom. The van der Waals surface area contributed by atoms with Gasteiger partial charge in [0.25, 0.3) is 0 Å². The van der Waals surface area contributed by atoms with Crippen LogP contribution in [0.4, 0.5) is 10.5 Å². The van der Waals surface area contributed by atoms with Crippen LogP contribution >= 0.6 is 11.6 Å². The zero-order valence-corrected chi connectivity index (χ0v) is 12.3. The molecule has 1 amide bonds. The summed E-state index contributed by atoms with van der Waals surface area (Å²) in [5.41, 5.74) is 1.13. The normalized spacial score (nSPS) is 9.85. The molecule has 0 unspecified atom stereocenters. The Morgan fingerprint density at radius 2 is 2.25 bits per heavy atom. The van der Waals surface area contributed by atoms with Gasteiger partial charge in [0.1, 0.15) is 0 Å². The number of hydrogen-bond donors (Lipinski definition) is 2. The Bertz CT molecular complexity index is 518. The number of nitrogens with one attached hydrogen (secondary N) is 1. The molecule has 0 saturated carbocycles. The summed E-state index contributed by atoms with van der Waals surface area (Å²) >= 11 is 5.91. The second-order valence-electron chi connectivity index (χ2n) is 4.58. The van der Waals surface area contributed by atoms with Gasteiger partial charge in [0.15, 0.2) is 0 Å². The van der Waals surface area contributed by atoms with Crippen molar-refractivity contribution in [3.8, 4) is 11.8 Å². The maximum atomic E-state index is 11.6. The summed E-state index contributed by atoms with van der Waals surface area (Å²) < 4.78 is 5.05. The average molecular weight is 296 g/mol.